The van der Waals surface area contributed by atoms with E-state index in [0.29, 0.717) is 0 Å². The van der Waals surface area contributed by atoms with E-state index in [9.17, 15) is 0 Å². The van der Waals surface area contributed by atoms with Gasteiger partial charge >= 0.3 is 0 Å². The van der Waals surface area contributed by atoms with Crippen molar-refractivity contribution in [2.24, 2.45) is 0 Å². The van der Waals surface area contributed by atoms with Crippen molar-refractivity contribution in [1.29, 1.82) is 0 Å². The van der Waals surface area contributed by atoms with Crippen molar-refractivity contribution in [2.75, 3.05) is 0 Å². The van der Waals surface area contributed by atoms with Gasteiger partial charge in [-0.2, -0.15) is 0 Å². The van der Waals surface area contributed by atoms with Gasteiger partial charge in [0.2, 0.25) is 0 Å². The van der Waals surface area contributed by atoms with Gasteiger partial charge in [-0.05, 0) is 112 Å². The highest BCUT2D eigenvalue weighted by molar-refractivity contribution is 6.10. The number of para-hydroxylation sites is 4. The van der Waals surface area contributed by atoms with E-state index in [0.717, 1.165) is 67.0 Å². The first-order valence-corrected chi connectivity index (χ1v) is 22.3. The first kappa shape index (κ1) is 39.5. The molecule has 10 aromatic rings. The van der Waals surface area contributed by atoms with Crippen LogP contribution in [0.1, 0.15) is 25.0 Å². The smallest absolute Gasteiger partial charge is 0.0719 e. The number of rotatable bonds is 8. The van der Waals surface area contributed by atoms with E-state index in [1.54, 1.807) is 0 Å². The average molecular weight is 831 g/mol. The number of allylic oxidation sites excluding steroid dienone is 9. The summed E-state index contributed by atoms with van der Waals surface area (Å²) in [4.78, 5) is 0. The van der Waals surface area contributed by atoms with Gasteiger partial charge in [0.05, 0.1) is 27.5 Å². The fraction of sp³-hybridized carbons (Fsp3) is 0.0476. The van der Waals surface area contributed by atoms with Gasteiger partial charge in [0.1, 0.15) is 0 Å². The minimum absolute atomic E-state index is 0.706. The number of nitrogens with zero attached hydrogens (tertiary/aromatic N) is 2. The molecule has 2 nitrogen and oxygen atoms in total. The summed E-state index contributed by atoms with van der Waals surface area (Å²) in [7, 11) is 0. The maximum Gasteiger partial charge on any atom is 0.0719 e. The van der Waals surface area contributed by atoms with Gasteiger partial charge in [-0.1, -0.05) is 188 Å². The summed E-state index contributed by atoms with van der Waals surface area (Å²) in [6.45, 7) is 8.74. The number of benzene rings is 8. The van der Waals surface area contributed by atoms with Crippen LogP contribution in [0.3, 0.4) is 0 Å². The largest absolute Gasteiger partial charge is 0.309 e. The number of fused-ring (bicyclic) bond motifs is 6. The Morgan fingerprint density at radius 3 is 1.15 bits per heavy atom. The first-order chi connectivity index (χ1) is 32.0. The molecule has 308 valence electrons. The van der Waals surface area contributed by atoms with Crippen LogP contribution in [0.25, 0.3) is 77.2 Å². The standard InChI is InChI=1S/C63H46N2/c1-5-8-22-57-43(4)52(7-3)58(17-6-2)63(57,48-35-27-44(28-36-48)46-31-39-50(40-32-46)64-59-23-13-9-18-53(59)54-19-10-14-24-60(54)64)49-37-29-45(30-38-49)47-33-41-51(42-34-47)65-61-25-15-11-20-55(61)56-21-12-16-26-62(56)65/h3,5-6,8-42H,4H2,1-2H3/b8-5-,17-6-,57-22+. The second kappa shape index (κ2) is 16.1. The van der Waals surface area contributed by atoms with Crippen molar-refractivity contribution in [3.63, 3.8) is 0 Å². The molecule has 0 saturated carbocycles. The van der Waals surface area contributed by atoms with Crippen molar-refractivity contribution in [2.45, 2.75) is 19.3 Å². The fourth-order valence-corrected chi connectivity index (χ4v) is 10.4. The van der Waals surface area contributed by atoms with E-state index in [-0.39, 0.29) is 0 Å². The first-order valence-electron chi connectivity index (χ1n) is 22.3. The third-order valence-corrected chi connectivity index (χ3v) is 13.4. The predicted molar refractivity (Wildman–Crippen MR) is 276 cm³/mol. The van der Waals surface area contributed by atoms with Gasteiger partial charge in [-0.3, -0.25) is 0 Å². The van der Waals surface area contributed by atoms with Crippen molar-refractivity contribution >= 4 is 43.6 Å². The maximum atomic E-state index is 6.38. The van der Waals surface area contributed by atoms with Gasteiger partial charge in [-0.15, -0.1) is 6.42 Å². The zero-order valence-electron chi connectivity index (χ0n) is 36.5. The Hall–Kier alpha value is -8.38. The lowest BCUT2D eigenvalue weighted by molar-refractivity contribution is 0.758. The molecule has 0 bridgehead atoms. The zero-order chi connectivity index (χ0) is 44.1. The second-order valence-corrected chi connectivity index (χ2v) is 16.8. The van der Waals surface area contributed by atoms with Crippen LogP contribution >= 0.6 is 0 Å². The normalized spacial score (nSPS) is 14.6. The summed E-state index contributed by atoms with van der Waals surface area (Å²) in [6, 6.07) is 70.5. The summed E-state index contributed by atoms with van der Waals surface area (Å²) in [5.41, 5.74) is 17.0. The van der Waals surface area contributed by atoms with Crippen LogP contribution in [0, 0.1) is 12.3 Å². The molecule has 1 aliphatic carbocycles. The Balaban J connectivity index is 0.984. The van der Waals surface area contributed by atoms with Crippen LogP contribution in [0.5, 0.6) is 0 Å². The summed E-state index contributed by atoms with van der Waals surface area (Å²) in [6.07, 6.45) is 17.0. The Bertz CT molecular complexity index is 3340. The molecule has 2 aromatic heterocycles. The number of hydrogen-bond acceptors (Lipinski definition) is 0. The molecule has 11 rings (SSSR count). The van der Waals surface area contributed by atoms with Crippen molar-refractivity contribution in [1.82, 2.24) is 9.13 Å². The lowest BCUT2D eigenvalue weighted by Gasteiger charge is -2.35. The molecule has 0 fully saturated rings. The van der Waals surface area contributed by atoms with Crippen LogP contribution in [0.15, 0.2) is 253 Å². The molecule has 0 unspecified atom stereocenters. The van der Waals surface area contributed by atoms with Crippen molar-refractivity contribution in [3.8, 4) is 46.0 Å². The molecule has 0 aliphatic heterocycles. The molecular weight excluding hydrogens is 785 g/mol. The van der Waals surface area contributed by atoms with Crippen LogP contribution in [-0.2, 0) is 5.41 Å². The van der Waals surface area contributed by atoms with Gasteiger partial charge < -0.3 is 9.13 Å². The van der Waals surface area contributed by atoms with Gasteiger partial charge in [0.15, 0.2) is 0 Å². The van der Waals surface area contributed by atoms with Gasteiger partial charge in [0.25, 0.3) is 0 Å². The van der Waals surface area contributed by atoms with Crippen LogP contribution in [-0.4, -0.2) is 9.13 Å². The highest BCUT2D eigenvalue weighted by atomic mass is 15.0. The van der Waals surface area contributed by atoms with E-state index in [1.807, 2.05) is 6.92 Å². The van der Waals surface area contributed by atoms with Crippen LogP contribution in [0.4, 0.5) is 0 Å². The molecule has 0 amide bonds. The predicted octanol–water partition coefficient (Wildman–Crippen LogP) is 16.1. The quantitative estimate of drug-likeness (QED) is 0.135. The SMILES string of the molecule is C#CC1=C(/C=C\C)C(c2ccc(-c3ccc(-n4c5ccccc5c5ccccc54)cc3)cc2)(c2ccc(-c3ccc(-n4c5ccccc5c5ccccc54)cc3)cc2)/C(=C/C=C\C)C1=C. The van der Waals surface area contributed by atoms with E-state index in [2.05, 4.69) is 253 Å². The summed E-state index contributed by atoms with van der Waals surface area (Å²) >= 11 is 0. The van der Waals surface area contributed by atoms with E-state index >= 15 is 0 Å². The van der Waals surface area contributed by atoms with E-state index in [4.69, 9.17) is 6.42 Å². The molecule has 2 heteroatoms. The fourth-order valence-electron chi connectivity index (χ4n) is 10.4. The number of terminal acetylenes is 1. The van der Waals surface area contributed by atoms with Gasteiger partial charge in [-0.25, -0.2) is 0 Å². The minimum Gasteiger partial charge on any atom is -0.309 e. The highest BCUT2D eigenvalue weighted by Crippen LogP contribution is 2.56. The maximum absolute atomic E-state index is 6.38. The number of aromatic nitrogens is 2. The summed E-state index contributed by atoms with van der Waals surface area (Å²) in [5.74, 6) is 3.06. The third kappa shape index (κ3) is 6.20. The minimum atomic E-state index is -0.706. The van der Waals surface area contributed by atoms with E-state index < -0.39 is 5.41 Å². The number of hydrogen-bond donors (Lipinski definition) is 0. The molecule has 0 atom stereocenters. The summed E-state index contributed by atoms with van der Waals surface area (Å²) < 4.78 is 4.72. The Kier molecular flexibility index (Phi) is 9.76. The lowest BCUT2D eigenvalue weighted by atomic mass is 9.66. The van der Waals surface area contributed by atoms with Gasteiger partial charge in [0, 0.05) is 38.5 Å². The zero-order valence-corrected chi connectivity index (χ0v) is 36.5. The molecule has 0 N–H and O–H groups in total. The van der Waals surface area contributed by atoms with Crippen LogP contribution in [0.2, 0.25) is 0 Å². The molecular formula is C63H46N2. The Morgan fingerprint density at radius 2 is 0.815 bits per heavy atom. The van der Waals surface area contributed by atoms with Crippen molar-refractivity contribution < 1.29 is 0 Å². The molecule has 0 radical (unpaired) electrons. The Morgan fingerprint density at radius 1 is 0.462 bits per heavy atom. The average Bonchev–Trinajstić information content (AvgIpc) is 3.97. The molecule has 0 spiro atoms. The molecule has 65 heavy (non-hydrogen) atoms. The topological polar surface area (TPSA) is 9.86 Å². The Labute approximate surface area is 380 Å². The van der Waals surface area contributed by atoms with Crippen LogP contribution < -0.4 is 0 Å². The second-order valence-electron chi connectivity index (χ2n) is 16.8. The monoisotopic (exact) mass is 830 g/mol. The van der Waals surface area contributed by atoms with E-state index in [1.165, 1.54) is 43.6 Å². The third-order valence-electron chi connectivity index (χ3n) is 13.4. The van der Waals surface area contributed by atoms with Crippen molar-refractivity contribution in [3.05, 3.63) is 265 Å². The molecule has 8 aromatic carbocycles. The highest BCUT2D eigenvalue weighted by Gasteiger charge is 2.48. The molecule has 0 saturated heterocycles. The molecule has 1 aliphatic rings. The molecule has 2 heterocycles. The summed E-state index contributed by atoms with van der Waals surface area (Å²) in [5, 5.41) is 5.03. The lowest BCUT2D eigenvalue weighted by Crippen LogP contribution is -2.29.